The maximum absolute atomic E-state index is 10.4. The zero-order valence-corrected chi connectivity index (χ0v) is 19.1. The predicted molar refractivity (Wildman–Crippen MR) is 108 cm³/mol. The largest absolute Gasteiger partial charge is 0.394 e. The zero-order chi connectivity index (χ0) is 25.3. The van der Waals surface area contributed by atoms with Crippen molar-refractivity contribution >= 4 is 0 Å². The molecule has 14 heteroatoms. The van der Waals surface area contributed by atoms with Crippen molar-refractivity contribution in [1.82, 2.24) is 0 Å². The third-order valence-electron chi connectivity index (χ3n) is 6.60. The van der Waals surface area contributed by atoms with E-state index in [9.17, 15) is 40.9 Å². The molecule has 34 heavy (non-hydrogen) atoms. The first-order chi connectivity index (χ1) is 16.0. The second kappa shape index (κ2) is 11.7. The summed E-state index contributed by atoms with van der Waals surface area (Å²) >= 11 is 0. The van der Waals surface area contributed by atoms with Gasteiger partial charge in [0, 0.05) is 13.0 Å². The molecule has 8 N–H and O–H groups in total. The molecule has 0 bridgehead atoms. The van der Waals surface area contributed by atoms with Gasteiger partial charge < -0.3 is 69.3 Å². The summed E-state index contributed by atoms with van der Waals surface area (Å²) < 4.78 is 33.8. The molecular formula is C20H36O14. The Morgan fingerprint density at radius 2 is 1.09 bits per heavy atom. The molecule has 3 saturated heterocycles. The number of aliphatic hydroxyl groups is 8. The van der Waals surface area contributed by atoms with Crippen molar-refractivity contribution in [2.24, 2.45) is 5.92 Å². The number of methoxy groups -OCH3 is 1. The van der Waals surface area contributed by atoms with E-state index in [2.05, 4.69) is 0 Å². The molecule has 15 atom stereocenters. The highest BCUT2D eigenvalue weighted by molar-refractivity contribution is 4.95. The van der Waals surface area contributed by atoms with E-state index in [1.54, 1.807) is 6.92 Å². The van der Waals surface area contributed by atoms with Crippen LogP contribution < -0.4 is 0 Å². The molecule has 0 spiro atoms. The second-order valence-electron chi connectivity index (χ2n) is 8.90. The predicted octanol–water partition coefficient (Wildman–Crippen LogP) is -4.62. The molecule has 14 nitrogen and oxygen atoms in total. The van der Waals surface area contributed by atoms with Crippen LogP contribution in [0.1, 0.15) is 13.8 Å². The Balaban J connectivity index is 1.86. The van der Waals surface area contributed by atoms with Crippen molar-refractivity contribution in [1.29, 1.82) is 0 Å². The third kappa shape index (κ3) is 5.40. The van der Waals surface area contributed by atoms with Crippen molar-refractivity contribution in [3.8, 4) is 0 Å². The fourth-order valence-electron chi connectivity index (χ4n) is 4.44. The van der Waals surface area contributed by atoms with Crippen LogP contribution in [0.3, 0.4) is 0 Å². The lowest BCUT2D eigenvalue weighted by molar-refractivity contribution is -0.377. The van der Waals surface area contributed by atoms with E-state index in [-0.39, 0.29) is 0 Å². The van der Waals surface area contributed by atoms with E-state index >= 15 is 0 Å². The second-order valence-corrected chi connectivity index (χ2v) is 8.90. The Labute approximate surface area is 196 Å². The van der Waals surface area contributed by atoms with Crippen LogP contribution in [0.15, 0.2) is 0 Å². The quantitative estimate of drug-likeness (QED) is 0.165. The summed E-state index contributed by atoms with van der Waals surface area (Å²) in [5, 5.41) is 80.4. The zero-order valence-electron chi connectivity index (χ0n) is 19.1. The van der Waals surface area contributed by atoms with Crippen LogP contribution in [-0.2, 0) is 28.4 Å². The van der Waals surface area contributed by atoms with Gasteiger partial charge in [-0.2, -0.15) is 0 Å². The molecule has 0 aliphatic carbocycles. The molecule has 0 aromatic heterocycles. The maximum atomic E-state index is 10.4. The summed E-state index contributed by atoms with van der Waals surface area (Å²) in [5.41, 5.74) is 0. The minimum absolute atomic E-state index is 0.574. The van der Waals surface area contributed by atoms with Crippen LogP contribution in [0.25, 0.3) is 0 Å². The van der Waals surface area contributed by atoms with E-state index in [1.165, 1.54) is 14.0 Å². The van der Waals surface area contributed by atoms with Crippen LogP contribution in [-0.4, -0.2) is 147 Å². The Hall–Kier alpha value is -0.560. The summed E-state index contributed by atoms with van der Waals surface area (Å²) in [5.74, 6) is -0.626. The van der Waals surface area contributed by atoms with Crippen LogP contribution in [0, 0.1) is 5.92 Å². The van der Waals surface area contributed by atoms with Gasteiger partial charge in [0.1, 0.15) is 54.9 Å². The van der Waals surface area contributed by atoms with E-state index in [1.807, 2.05) is 0 Å². The van der Waals surface area contributed by atoms with Gasteiger partial charge in [-0.25, -0.2) is 0 Å². The Bertz CT molecular complexity index is 638. The molecule has 0 radical (unpaired) electrons. The Kier molecular flexibility index (Phi) is 9.61. The van der Waals surface area contributed by atoms with Crippen LogP contribution in [0.4, 0.5) is 0 Å². The number of rotatable bonds is 7. The molecule has 3 fully saturated rings. The SMILES string of the molecule is COC1OC(CO)[C@@H](O[C@@H]2OC(C)[C@@H](O)[C@H](O)C2O)[C@H](O[C@@H]2OC(CO)[C@H](O)[C@H](O)C2O)C1C. The van der Waals surface area contributed by atoms with E-state index < -0.39 is 105 Å². The third-order valence-corrected chi connectivity index (χ3v) is 6.60. The molecule has 3 rings (SSSR count). The summed E-state index contributed by atoms with van der Waals surface area (Å²) in [6.07, 6.45) is -18.8. The first-order valence-corrected chi connectivity index (χ1v) is 11.2. The first-order valence-electron chi connectivity index (χ1n) is 11.2. The normalized spacial score (nSPS) is 52.5. The molecule has 3 aliphatic heterocycles. The highest BCUT2D eigenvalue weighted by Crippen LogP contribution is 2.35. The monoisotopic (exact) mass is 500 g/mol. The highest BCUT2D eigenvalue weighted by atomic mass is 16.8. The fraction of sp³-hybridized carbons (Fsp3) is 1.00. The number of ether oxygens (including phenoxy) is 6. The first kappa shape index (κ1) is 28.0. The lowest BCUT2D eigenvalue weighted by atomic mass is 9.91. The molecule has 0 aromatic carbocycles. The van der Waals surface area contributed by atoms with Gasteiger partial charge in [0.05, 0.1) is 25.4 Å². The van der Waals surface area contributed by atoms with Gasteiger partial charge in [0.15, 0.2) is 18.9 Å². The van der Waals surface area contributed by atoms with Crippen LogP contribution in [0.2, 0.25) is 0 Å². The molecule has 3 aliphatic rings. The van der Waals surface area contributed by atoms with Crippen molar-refractivity contribution < 1.29 is 69.3 Å². The standard InChI is InChI=1S/C20H36O14/c1-6-16(33-20-15(28)13(26)11(24)8(4-21)31-20)17(9(5-22)32-18(6)29-3)34-19-14(27)12(25)10(23)7(2)30-19/h6-28H,4-5H2,1-3H3/t6?,7?,8?,9?,10-,11+,12+,13+,14?,15?,16-,17-,18?,19+,20+/m1/s1. The minimum atomic E-state index is -1.70. The Morgan fingerprint density at radius 1 is 0.588 bits per heavy atom. The summed E-state index contributed by atoms with van der Waals surface area (Å²) in [6, 6.07) is 0. The average Bonchev–Trinajstić information content (AvgIpc) is 2.83. The van der Waals surface area contributed by atoms with E-state index in [0.29, 0.717) is 0 Å². The number of hydrogen-bond acceptors (Lipinski definition) is 14. The van der Waals surface area contributed by atoms with Gasteiger partial charge >= 0.3 is 0 Å². The number of hydrogen-bond donors (Lipinski definition) is 8. The molecule has 3 heterocycles. The van der Waals surface area contributed by atoms with E-state index in [4.69, 9.17) is 28.4 Å². The van der Waals surface area contributed by atoms with Crippen molar-refractivity contribution in [3.05, 3.63) is 0 Å². The van der Waals surface area contributed by atoms with Gasteiger partial charge in [-0.1, -0.05) is 6.92 Å². The average molecular weight is 500 g/mol. The van der Waals surface area contributed by atoms with Crippen LogP contribution in [0.5, 0.6) is 0 Å². The minimum Gasteiger partial charge on any atom is -0.394 e. The lowest BCUT2D eigenvalue weighted by Crippen LogP contribution is -2.65. The summed E-state index contributed by atoms with van der Waals surface area (Å²) in [4.78, 5) is 0. The summed E-state index contributed by atoms with van der Waals surface area (Å²) in [6.45, 7) is 1.90. The molecule has 7 unspecified atom stereocenters. The van der Waals surface area contributed by atoms with Gasteiger partial charge in [-0.3, -0.25) is 0 Å². The Morgan fingerprint density at radius 3 is 1.65 bits per heavy atom. The fourth-order valence-corrected chi connectivity index (χ4v) is 4.44. The molecule has 0 saturated carbocycles. The van der Waals surface area contributed by atoms with Gasteiger partial charge in [0.2, 0.25) is 0 Å². The lowest BCUT2D eigenvalue weighted by Gasteiger charge is -2.49. The highest BCUT2D eigenvalue weighted by Gasteiger charge is 2.53. The van der Waals surface area contributed by atoms with Gasteiger partial charge in [0.25, 0.3) is 0 Å². The molecule has 0 amide bonds. The maximum Gasteiger partial charge on any atom is 0.187 e. The number of aliphatic hydroxyl groups excluding tert-OH is 8. The van der Waals surface area contributed by atoms with Crippen LogP contribution >= 0.6 is 0 Å². The topological polar surface area (TPSA) is 217 Å². The van der Waals surface area contributed by atoms with Crippen molar-refractivity contribution in [3.63, 3.8) is 0 Å². The van der Waals surface area contributed by atoms with Crippen molar-refractivity contribution in [2.45, 2.75) is 99.9 Å². The molecule has 0 aromatic rings. The molecular weight excluding hydrogens is 464 g/mol. The van der Waals surface area contributed by atoms with Gasteiger partial charge in [-0.05, 0) is 6.92 Å². The van der Waals surface area contributed by atoms with E-state index in [0.717, 1.165) is 0 Å². The van der Waals surface area contributed by atoms with Crippen molar-refractivity contribution in [2.75, 3.05) is 20.3 Å². The summed E-state index contributed by atoms with van der Waals surface area (Å²) in [7, 11) is 1.37. The van der Waals surface area contributed by atoms with Gasteiger partial charge in [-0.15, -0.1) is 0 Å². The molecule has 200 valence electrons. The smallest absolute Gasteiger partial charge is 0.187 e.